The number of nitrogens with zero attached hydrogens (tertiary/aromatic N) is 2. The van der Waals surface area contributed by atoms with Gasteiger partial charge in [-0.1, -0.05) is 29.8 Å². The lowest BCUT2D eigenvalue weighted by molar-refractivity contribution is 0.319. The van der Waals surface area contributed by atoms with E-state index in [2.05, 4.69) is 53.2 Å². The van der Waals surface area contributed by atoms with Crippen molar-refractivity contribution in [2.75, 3.05) is 13.1 Å². The van der Waals surface area contributed by atoms with Gasteiger partial charge in [0.1, 0.15) is 0 Å². The normalized spacial score (nSPS) is 16.5. The Hall–Kier alpha value is -1.61. The zero-order valence-corrected chi connectivity index (χ0v) is 12.4. The van der Waals surface area contributed by atoms with Gasteiger partial charge in [0.2, 0.25) is 0 Å². The molecule has 0 bridgehead atoms. The fourth-order valence-corrected chi connectivity index (χ4v) is 2.96. The number of aryl methyl sites for hydroxylation is 1. The lowest BCUT2D eigenvalue weighted by Gasteiger charge is -2.23. The lowest BCUT2D eigenvalue weighted by atomic mass is 9.98. The Morgan fingerprint density at radius 3 is 2.55 bits per heavy atom. The van der Waals surface area contributed by atoms with Crippen molar-refractivity contribution < 1.29 is 0 Å². The van der Waals surface area contributed by atoms with Crippen molar-refractivity contribution in [1.29, 1.82) is 0 Å². The van der Waals surface area contributed by atoms with Crippen LogP contribution < -0.4 is 5.32 Å². The summed E-state index contributed by atoms with van der Waals surface area (Å²) < 4.78 is 2.19. The van der Waals surface area contributed by atoms with E-state index in [1.807, 2.05) is 6.20 Å². The van der Waals surface area contributed by atoms with Crippen molar-refractivity contribution in [1.82, 2.24) is 15.1 Å². The average molecular weight is 269 g/mol. The maximum Gasteiger partial charge on any atom is 0.0571 e. The lowest BCUT2D eigenvalue weighted by Crippen LogP contribution is -2.30. The van der Waals surface area contributed by atoms with E-state index < -0.39 is 0 Å². The van der Waals surface area contributed by atoms with Crippen LogP contribution in [0.4, 0.5) is 0 Å². The Labute approximate surface area is 121 Å². The van der Waals surface area contributed by atoms with Gasteiger partial charge in [-0.25, -0.2) is 0 Å². The molecule has 0 aliphatic carbocycles. The van der Waals surface area contributed by atoms with Gasteiger partial charge < -0.3 is 5.32 Å². The minimum atomic E-state index is 0.765. The monoisotopic (exact) mass is 269 g/mol. The Morgan fingerprint density at radius 1 is 1.15 bits per heavy atom. The van der Waals surface area contributed by atoms with Gasteiger partial charge in [0.15, 0.2) is 0 Å². The van der Waals surface area contributed by atoms with Gasteiger partial charge in [-0.2, -0.15) is 5.10 Å². The highest BCUT2D eigenvalue weighted by Crippen LogP contribution is 2.24. The fourth-order valence-electron chi connectivity index (χ4n) is 2.96. The summed E-state index contributed by atoms with van der Waals surface area (Å²) in [6.45, 7) is 7.66. The summed E-state index contributed by atoms with van der Waals surface area (Å²) in [6, 6.07) is 8.71. The van der Waals surface area contributed by atoms with E-state index in [1.54, 1.807) is 0 Å². The molecule has 2 aromatic rings. The van der Waals surface area contributed by atoms with Crippen LogP contribution in [-0.2, 0) is 6.54 Å². The highest BCUT2D eigenvalue weighted by atomic mass is 15.3. The molecule has 3 heteroatoms. The van der Waals surface area contributed by atoms with Crippen LogP contribution in [0.1, 0.15) is 24.1 Å². The minimum absolute atomic E-state index is 0.765. The second-order valence-corrected chi connectivity index (χ2v) is 5.89. The Morgan fingerprint density at radius 2 is 1.85 bits per heavy atom. The van der Waals surface area contributed by atoms with E-state index in [-0.39, 0.29) is 0 Å². The summed E-state index contributed by atoms with van der Waals surface area (Å²) in [7, 11) is 0. The van der Waals surface area contributed by atoms with E-state index in [0.29, 0.717) is 0 Å². The highest BCUT2D eigenvalue weighted by molar-refractivity contribution is 5.65. The molecule has 0 radical (unpaired) electrons. The maximum atomic E-state index is 4.60. The highest BCUT2D eigenvalue weighted by Gasteiger charge is 2.16. The molecular weight excluding hydrogens is 246 g/mol. The van der Waals surface area contributed by atoms with Gasteiger partial charge in [0.25, 0.3) is 0 Å². The molecule has 3 rings (SSSR count). The predicted octanol–water partition coefficient (Wildman–Crippen LogP) is 3.17. The topological polar surface area (TPSA) is 29.9 Å². The molecule has 0 unspecified atom stereocenters. The molecule has 1 aromatic heterocycles. The minimum Gasteiger partial charge on any atom is -0.317 e. The standard InChI is InChI=1S/C17H23N3/c1-13-3-5-16(6-4-13)17-11-19-20(14(17)2)12-15-7-9-18-10-8-15/h3-6,11,15,18H,7-10,12H2,1-2H3. The zero-order chi connectivity index (χ0) is 13.9. The molecule has 0 saturated carbocycles. The molecule has 3 nitrogen and oxygen atoms in total. The largest absolute Gasteiger partial charge is 0.317 e. The summed E-state index contributed by atoms with van der Waals surface area (Å²) in [5.41, 5.74) is 5.12. The summed E-state index contributed by atoms with van der Waals surface area (Å²) in [5.74, 6) is 0.765. The SMILES string of the molecule is Cc1ccc(-c2cnn(CC3CCNCC3)c2C)cc1. The van der Waals surface area contributed by atoms with Crippen LogP contribution in [0.15, 0.2) is 30.5 Å². The zero-order valence-electron chi connectivity index (χ0n) is 12.4. The quantitative estimate of drug-likeness (QED) is 0.927. The molecule has 20 heavy (non-hydrogen) atoms. The molecule has 1 fully saturated rings. The van der Waals surface area contributed by atoms with E-state index in [9.17, 15) is 0 Å². The van der Waals surface area contributed by atoms with E-state index in [4.69, 9.17) is 0 Å². The third-order valence-electron chi connectivity index (χ3n) is 4.36. The smallest absolute Gasteiger partial charge is 0.0571 e. The van der Waals surface area contributed by atoms with Gasteiger partial charge in [0.05, 0.1) is 6.20 Å². The maximum absolute atomic E-state index is 4.60. The fraction of sp³-hybridized carbons (Fsp3) is 0.471. The van der Waals surface area contributed by atoms with Crippen molar-refractivity contribution in [3.05, 3.63) is 41.7 Å². The van der Waals surface area contributed by atoms with Crippen LogP contribution in [0, 0.1) is 19.8 Å². The Bertz CT molecular complexity index is 562. The van der Waals surface area contributed by atoms with E-state index in [0.717, 1.165) is 25.6 Å². The van der Waals surface area contributed by atoms with Crippen molar-refractivity contribution in [3.63, 3.8) is 0 Å². The number of benzene rings is 1. The number of aromatic nitrogens is 2. The molecule has 0 spiro atoms. The second kappa shape index (κ2) is 5.80. The molecule has 1 N–H and O–H groups in total. The third kappa shape index (κ3) is 2.78. The number of hydrogen-bond donors (Lipinski definition) is 1. The number of piperidine rings is 1. The third-order valence-corrected chi connectivity index (χ3v) is 4.36. The average Bonchev–Trinajstić information content (AvgIpc) is 2.83. The van der Waals surface area contributed by atoms with Crippen molar-refractivity contribution in [2.24, 2.45) is 5.92 Å². The van der Waals surface area contributed by atoms with Gasteiger partial charge in [-0.05, 0) is 51.3 Å². The molecule has 1 aliphatic rings. The molecular formula is C17H23N3. The van der Waals surface area contributed by atoms with Crippen molar-refractivity contribution in [3.8, 4) is 11.1 Å². The summed E-state index contributed by atoms with van der Waals surface area (Å²) in [5, 5.41) is 8.03. The van der Waals surface area contributed by atoms with Gasteiger partial charge in [-0.15, -0.1) is 0 Å². The van der Waals surface area contributed by atoms with Crippen LogP contribution >= 0.6 is 0 Å². The van der Waals surface area contributed by atoms with Crippen LogP contribution in [0.3, 0.4) is 0 Å². The molecule has 0 amide bonds. The van der Waals surface area contributed by atoms with Crippen LogP contribution in [-0.4, -0.2) is 22.9 Å². The molecule has 106 valence electrons. The Balaban J connectivity index is 1.79. The predicted molar refractivity (Wildman–Crippen MR) is 82.7 cm³/mol. The first-order valence-electron chi connectivity index (χ1n) is 7.54. The van der Waals surface area contributed by atoms with Gasteiger partial charge in [-0.3, -0.25) is 4.68 Å². The van der Waals surface area contributed by atoms with Gasteiger partial charge in [0, 0.05) is 17.8 Å². The van der Waals surface area contributed by atoms with Crippen LogP contribution in [0.25, 0.3) is 11.1 Å². The van der Waals surface area contributed by atoms with Crippen LogP contribution in [0.2, 0.25) is 0 Å². The molecule has 2 heterocycles. The first-order valence-corrected chi connectivity index (χ1v) is 7.54. The molecule has 1 aromatic carbocycles. The number of nitrogens with one attached hydrogen (secondary N) is 1. The van der Waals surface area contributed by atoms with Gasteiger partial charge >= 0.3 is 0 Å². The molecule has 1 aliphatic heterocycles. The molecule has 1 saturated heterocycles. The Kier molecular flexibility index (Phi) is 3.88. The summed E-state index contributed by atoms with van der Waals surface area (Å²) in [4.78, 5) is 0. The number of rotatable bonds is 3. The first-order chi connectivity index (χ1) is 9.74. The van der Waals surface area contributed by atoms with Crippen molar-refractivity contribution >= 4 is 0 Å². The second-order valence-electron chi connectivity index (χ2n) is 5.89. The first kappa shape index (κ1) is 13.4. The number of hydrogen-bond acceptors (Lipinski definition) is 2. The summed E-state index contributed by atoms with van der Waals surface area (Å²) in [6.07, 6.45) is 4.54. The summed E-state index contributed by atoms with van der Waals surface area (Å²) >= 11 is 0. The van der Waals surface area contributed by atoms with Crippen molar-refractivity contribution in [2.45, 2.75) is 33.2 Å². The molecule has 0 atom stereocenters. The van der Waals surface area contributed by atoms with E-state index >= 15 is 0 Å². The van der Waals surface area contributed by atoms with E-state index in [1.165, 1.54) is 35.2 Å². The van der Waals surface area contributed by atoms with Crippen LogP contribution in [0.5, 0.6) is 0 Å².